The summed E-state index contributed by atoms with van der Waals surface area (Å²) in [6.45, 7) is 0. The van der Waals surface area contributed by atoms with Gasteiger partial charge in [-0.2, -0.15) is 0 Å². The lowest BCUT2D eigenvalue weighted by molar-refractivity contribution is -0.123. The third kappa shape index (κ3) is 2.89. The lowest BCUT2D eigenvalue weighted by Gasteiger charge is -2.24. The molecule has 0 aliphatic carbocycles. The number of rotatable bonds is 2. The minimum atomic E-state index is -0.547. The smallest absolute Gasteiger partial charge is 0.336 e. The number of carbonyl (C=O) groups excluding carboxylic acids is 2. The lowest BCUT2D eigenvalue weighted by Crippen LogP contribution is -2.30. The van der Waals surface area contributed by atoms with E-state index in [2.05, 4.69) is 10.6 Å². The molecule has 1 aromatic heterocycles. The summed E-state index contributed by atoms with van der Waals surface area (Å²) in [6, 6.07) is 15.3. The second-order valence-electron chi connectivity index (χ2n) is 5.89. The Morgan fingerprint density at radius 1 is 1.08 bits per heavy atom. The summed E-state index contributed by atoms with van der Waals surface area (Å²) >= 11 is 0. The quantitative estimate of drug-likeness (QED) is 0.705. The van der Waals surface area contributed by atoms with Crippen LogP contribution in [0.2, 0.25) is 0 Å². The molecular formula is C19H14N2O4. The molecule has 3 aromatic rings. The average molecular weight is 334 g/mol. The van der Waals surface area contributed by atoms with E-state index in [4.69, 9.17) is 4.42 Å². The topological polar surface area (TPSA) is 88.4 Å². The van der Waals surface area contributed by atoms with Gasteiger partial charge in [-0.25, -0.2) is 4.79 Å². The number of amides is 2. The molecule has 2 aromatic carbocycles. The monoisotopic (exact) mass is 334 g/mol. The highest BCUT2D eigenvalue weighted by Crippen LogP contribution is 2.33. The maximum absolute atomic E-state index is 12.7. The highest BCUT2D eigenvalue weighted by Gasteiger charge is 2.30. The van der Waals surface area contributed by atoms with E-state index in [1.165, 1.54) is 6.07 Å². The Balaban J connectivity index is 1.63. The van der Waals surface area contributed by atoms with Crippen molar-refractivity contribution in [3.05, 3.63) is 70.6 Å². The Kier molecular flexibility index (Phi) is 3.57. The molecule has 25 heavy (non-hydrogen) atoms. The second-order valence-corrected chi connectivity index (χ2v) is 5.89. The van der Waals surface area contributed by atoms with Crippen molar-refractivity contribution in [3.63, 3.8) is 0 Å². The van der Waals surface area contributed by atoms with Gasteiger partial charge in [-0.05, 0) is 35.9 Å². The second kappa shape index (κ2) is 5.90. The summed E-state index contributed by atoms with van der Waals surface area (Å²) in [7, 11) is 0. The number of hydrogen-bond donors (Lipinski definition) is 2. The van der Waals surface area contributed by atoms with Gasteiger partial charge in [-0.1, -0.05) is 18.2 Å². The average Bonchev–Trinajstić information content (AvgIpc) is 2.61. The molecule has 2 amide bonds. The first-order valence-electron chi connectivity index (χ1n) is 7.84. The zero-order valence-electron chi connectivity index (χ0n) is 13.1. The Bertz CT molecular complexity index is 1050. The maximum Gasteiger partial charge on any atom is 0.336 e. The van der Waals surface area contributed by atoms with Crippen LogP contribution in [0.15, 0.2) is 63.8 Å². The van der Waals surface area contributed by atoms with Crippen molar-refractivity contribution in [2.45, 2.75) is 12.3 Å². The molecule has 2 heterocycles. The van der Waals surface area contributed by atoms with E-state index in [9.17, 15) is 14.4 Å². The predicted molar refractivity (Wildman–Crippen MR) is 93.5 cm³/mol. The third-order valence-electron chi connectivity index (χ3n) is 4.20. The standard InChI is InChI=1S/C19H14N2O4/c22-17-10-14(13-3-1-2-4-15(13)21-17)19(24)20-12-6-7-16-11(9-12)5-8-18(23)25-16/h1-9,14H,10H2,(H,20,24)(H,21,22). The van der Waals surface area contributed by atoms with Gasteiger partial charge in [-0.15, -0.1) is 0 Å². The van der Waals surface area contributed by atoms with Crippen molar-refractivity contribution < 1.29 is 14.0 Å². The molecule has 0 spiro atoms. The van der Waals surface area contributed by atoms with Crippen molar-refractivity contribution in [1.29, 1.82) is 0 Å². The summed E-state index contributed by atoms with van der Waals surface area (Å²) < 4.78 is 5.08. The van der Waals surface area contributed by atoms with E-state index in [-0.39, 0.29) is 18.2 Å². The van der Waals surface area contributed by atoms with Gasteiger partial charge >= 0.3 is 5.63 Å². The summed E-state index contributed by atoms with van der Waals surface area (Å²) in [6.07, 6.45) is 0.102. The summed E-state index contributed by atoms with van der Waals surface area (Å²) in [5, 5.41) is 6.33. The van der Waals surface area contributed by atoms with Crippen LogP contribution >= 0.6 is 0 Å². The van der Waals surface area contributed by atoms with Crippen LogP contribution in [0, 0.1) is 0 Å². The highest BCUT2D eigenvalue weighted by molar-refractivity contribution is 6.05. The van der Waals surface area contributed by atoms with Crippen LogP contribution in [0.3, 0.4) is 0 Å². The molecular weight excluding hydrogens is 320 g/mol. The number of fused-ring (bicyclic) bond motifs is 2. The van der Waals surface area contributed by atoms with Crippen LogP contribution in [0.5, 0.6) is 0 Å². The molecule has 0 radical (unpaired) electrons. The first-order valence-corrected chi connectivity index (χ1v) is 7.84. The minimum absolute atomic E-state index is 0.102. The number of benzene rings is 2. The van der Waals surface area contributed by atoms with E-state index in [0.717, 1.165) is 5.56 Å². The van der Waals surface area contributed by atoms with Crippen LogP contribution in [-0.4, -0.2) is 11.8 Å². The van der Waals surface area contributed by atoms with Gasteiger partial charge in [0.2, 0.25) is 11.8 Å². The molecule has 0 fully saturated rings. The summed E-state index contributed by atoms with van der Waals surface area (Å²) in [4.78, 5) is 35.8. The molecule has 0 saturated carbocycles. The van der Waals surface area contributed by atoms with Crippen molar-refractivity contribution in [1.82, 2.24) is 0 Å². The van der Waals surface area contributed by atoms with E-state index >= 15 is 0 Å². The first-order chi connectivity index (χ1) is 12.1. The van der Waals surface area contributed by atoms with E-state index in [1.807, 2.05) is 18.2 Å². The van der Waals surface area contributed by atoms with E-state index < -0.39 is 11.5 Å². The van der Waals surface area contributed by atoms with Gasteiger partial charge in [0.1, 0.15) is 5.58 Å². The van der Waals surface area contributed by atoms with Crippen LogP contribution in [0.4, 0.5) is 11.4 Å². The zero-order chi connectivity index (χ0) is 17.4. The summed E-state index contributed by atoms with van der Waals surface area (Å²) in [5.74, 6) is -0.979. The Morgan fingerprint density at radius 3 is 2.80 bits per heavy atom. The molecule has 0 saturated heterocycles. The normalized spacial score (nSPS) is 16.2. The predicted octanol–water partition coefficient (Wildman–Crippen LogP) is 2.86. The van der Waals surface area contributed by atoms with Crippen molar-refractivity contribution in [3.8, 4) is 0 Å². The van der Waals surface area contributed by atoms with Gasteiger partial charge in [0, 0.05) is 29.2 Å². The van der Waals surface area contributed by atoms with Gasteiger partial charge < -0.3 is 15.1 Å². The zero-order valence-corrected chi connectivity index (χ0v) is 13.1. The van der Waals surface area contributed by atoms with Crippen molar-refractivity contribution in [2.75, 3.05) is 10.6 Å². The number of para-hydroxylation sites is 1. The van der Waals surface area contributed by atoms with Crippen LogP contribution in [0.1, 0.15) is 17.9 Å². The molecule has 1 unspecified atom stereocenters. The van der Waals surface area contributed by atoms with E-state index in [1.54, 1.807) is 30.3 Å². The number of carbonyl (C=O) groups is 2. The largest absolute Gasteiger partial charge is 0.423 e. The van der Waals surface area contributed by atoms with Gasteiger partial charge in [-0.3, -0.25) is 9.59 Å². The molecule has 1 aliphatic rings. The molecule has 6 heteroatoms. The molecule has 6 nitrogen and oxygen atoms in total. The Labute approximate surface area is 142 Å². The van der Waals surface area contributed by atoms with E-state index in [0.29, 0.717) is 22.3 Å². The molecule has 1 aliphatic heterocycles. The number of anilines is 2. The van der Waals surface area contributed by atoms with Crippen molar-refractivity contribution in [2.24, 2.45) is 0 Å². The lowest BCUT2D eigenvalue weighted by atomic mass is 9.90. The fraction of sp³-hybridized carbons (Fsp3) is 0.105. The third-order valence-corrected chi connectivity index (χ3v) is 4.20. The van der Waals surface area contributed by atoms with Crippen LogP contribution in [-0.2, 0) is 9.59 Å². The highest BCUT2D eigenvalue weighted by atomic mass is 16.4. The SMILES string of the molecule is O=C1CC(C(=O)Nc2ccc3oc(=O)ccc3c2)c2ccccc2N1. The fourth-order valence-electron chi connectivity index (χ4n) is 3.02. The van der Waals surface area contributed by atoms with Crippen LogP contribution in [0.25, 0.3) is 11.0 Å². The Hall–Kier alpha value is -3.41. The molecule has 4 rings (SSSR count). The molecule has 0 bridgehead atoms. The fourth-order valence-corrected chi connectivity index (χ4v) is 3.02. The Morgan fingerprint density at radius 2 is 1.92 bits per heavy atom. The maximum atomic E-state index is 12.7. The molecule has 124 valence electrons. The molecule has 2 N–H and O–H groups in total. The van der Waals surface area contributed by atoms with Gasteiger partial charge in [0.05, 0.1) is 5.92 Å². The first kappa shape index (κ1) is 15.1. The minimum Gasteiger partial charge on any atom is -0.423 e. The number of nitrogens with one attached hydrogen (secondary N) is 2. The summed E-state index contributed by atoms with van der Waals surface area (Å²) in [5.41, 5.74) is 2.07. The van der Waals surface area contributed by atoms with Crippen LogP contribution < -0.4 is 16.3 Å². The van der Waals surface area contributed by atoms with Crippen molar-refractivity contribution >= 4 is 34.2 Å². The van der Waals surface area contributed by atoms with Gasteiger partial charge in [0.25, 0.3) is 0 Å². The van der Waals surface area contributed by atoms with Gasteiger partial charge in [0.15, 0.2) is 0 Å². The molecule has 1 atom stereocenters. The number of hydrogen-bond acceptors (Lipinski definition) is 4.